The standard InChI is InChI=1S/C21H29N3O/c1-17-6-4-7-19(16-17)21(22-3)10-8-20(9-11-21)24-13-5-12-23(14-15-24)18(2)25/h4,6-7,16,20H,5,8-15H2,1-2H3. The van der Waals surface area contributed by atoms with Crippen molar-refractivity contribution < 1.29 is 4.79 Å². The number of carbonyl (C=O) groups is 1. The van der Waals surface area contributed by atoms with E-state index in [9.17, 15) is 4.79 Å². The molecule has 4 nitrogen and oxygen atoms in total. The van der Waals surface area contributed by atoms with Crippen molar-refractivity contribution in [2.24, 2.45) is 0 Å². The zero-order valence-electron chi connectivity index (χ0n) is 15.5. The van der Waals surface area contributed by atoms with Gasteiger partial charge >= 0.3 is 0 Å². The van der Waals surface area contributed by atoms with Crippen molar-refractivity contribution in [3.8, 4) is 0 Å². The molecule has 3 rings (SSSR count). The quantitative estimate of drug-likeness (QED) is 0.770. The molecule has 0 bridgehead atoms. The first-order valence-corrected chi connectivity index (χ1v) is 9.49. The van der Waals surface area contributed by atoms with Gasteiger partial charge in [-0.25, -0.2) is 6.57 Å². The fraction of sp³-hybridized carbons (Fsp3) is 0.619. The average Bonchev–Trinajstić information content (AvgIpc) is 2.88. The normalized spacial score (nSPS) is 28.2. The largest absolute Gasteiger partial charge is 0.342 e. The number of rotatable bonds is 2. The first kappa shape index (κ1) is 17.9. The van der Waals surface area contributed by atoms with Gasteiger partial charge in [0, 0.05) is 57.5 Å². The van der Waals surface area contributed by atoms with Gasteiger partial charge in [-0.05, 0) is 32.3 Å². The molecule has 0 N–H and O–H groups in total. The van der Waals surface area contributed by atoms with Crippen molar-refractivity contribution in [2.45, 2.75) is 57.5 Å². The van der Waals surface area contributed by atoms with Crippen LogP contribution < -0.4 is 0 Å². The van der Waals surface area contributed by atoms with Crippen LogP contribution in [0.25, 0.3) is 4.85 Å². The van der Waals surface area contributed by atoms with Gasteiger partial charge in [-0.2, -0.15) is 0 Å². The molecule has 0 atom stereocenters. The number of hydrogen-bond donors (Lipinski definition) is 0. The van der Waals surface area contributed by atoms with Crippen molar-refractivity contribution in [1.29, 1.82) is 0 Å². The molecule has 1 aliphatic carbocycles. The third-order valence-electron chi connectivity index (χ3n) is 6.04. The van der Waals surface area contributed by atoms with Gasteiger partial charge in [0.1, 0.15) is 0 Å². The maximum absolute atomic E-state index is 11.6. The topological polar surface area (TPSA) is 27.9 Å². The summed E-state index contributed by atoms with van der Waals surface area (Å²) >= 11 is 0. The molecule has 1 amide bonds. The minimum absolute atomic E-state index is 0.192. The molecule has 4 heteroatoms. The summed E-state index contributed by atoms with van der Waals surface area (Å²) in [6, 6.07) is 9.06. The van der Waals surface area contributed by atoms with E-state index >= 15 is 0 Å². The van der Waals surface area contributed by atoms with Gasteiger partial charge < -0.3 is 9.74 Å². The Labute approximate surface area is 151 Å². The fourth-order valence-electron chi connectivity index (χ4n) is 4.46. The summed E-state index contributed by atoms with van der Waals surface area (Å²) in [5, 5.41) is 0. The molecule has 0 aromatic heterocycles. The van der Waals surface area contributed by atoms with E-state index in [1.807, 2.05) is 4.90 Å². The Morgan fingerprint density at radius 1 is 1.20 bits per heavy atom. The maximum Gasteiger partial charge on any atom is 0.257 e. The summed E-state index contributed by atoms with van der Waals surface area (Å²) in [5.41, 5.74) is 2.10. The van der Waals surface area contributed by atoms with Gasteiger partial charge in [-0.15, -0.1) is 0 Å². The van der Waals surface area contributed by atoms with Crippen LogP contribution in [0.3, 0.4) is 0 Å². The summed E-state index contributed by atoms with van der Waals surface area (Å²) in [7, 11) is 0. The van der Waals surface area contributed by atoms with Crippen LogP contribution in [-0.2, 0) is 10.3 Å². The Hall–Kier alpha value is -1.86. The van der Waals surface area contributed by atoms with Crippen molar-refractivity contribution in [2.75, 3.05) is 26.2 Å². The number of nitrogens with zero attached hydrogens (tertiary/aromatic N) is 3. The molecule has 1 saturated heterocycles. The third-order valence-corrected chi connectivity index (χ3v) is 6.04. The number of amides is 1. The highest BCUT2D eigenvalue weighted by Crippen LogP contribution is 2.42. The fourth-order valence-corrected chi connectivity index (χ4v) is 4.46. The van der Waals surface area contributed by atoms with E-state index in [2.05, 4.69) is 40.9 Å². The summed E-state index contributed by atoms with van der Waals surface area (Å²) in [6.07, 6.45) is 5.10. The Balaban J connectivity index is 1.65. The lowest BCUT2D eigenvalue weighted by atomic mass is 9.75. The van der Waals surface area contributed by atoms with E-state index in [0.29, 0.717) is 6.04 Å². The van der Waals surface area contributed by atoms with Crippen LogP contribution in [0.15, 0.2) is 24.3 Å². The zero-order chi connectivity index (χ0) is 17.9. The van der Waals surface area contributed by atoms with E-state index in [1.54, 1.807) is 6.92 Å². The van der Waals surface area contributed by atoms with Crippen molar-refractivity contribution >= 4 is 5.91 Å². The first-order chi connectivity index (χ1) is 12.0. The van der Waals surface area contributed by atoms with E-state index < -0.39 is 0 Å². The van der Waals surface area contributed by atoms with Gasteiger partial charge in [0.15, 0.2) is 0 Å². The third kappa shape index (κ3) is 3.88. The average molecular weight is 339 g/mol. The lowest BCUT2D eigenvalue weighted by Gasteiger charge is -2.37. The maximum atomic E-state index is 11.6. The molecule has 0 spiro atoms. The molecule has 0 radical (unpaired) electrons. The molecule has 1 heterocycles. The summed E-state index contributed by atoms with van der Waals surface area (Å²) < 4.78 is 0. The van der Waals surface area contributed by atoms with Gasteiger partial charge in [0.2, 0.25) is 5.91 Å². The highest BCUT2D eigenvalue weighted by molar-refractivity contribution is 5.73. The summed E-state index contributed by atoms with van der Waals surface area (Å²) in [6.45, 7) is 15.4. The van der Waals surface area contributed by atoms with E-state index in [-0.39, 0.29) is 11.4 Å². The lowest BCUT2D eigenvalue weighted by Crippen LogP contribution is -2.43. The van der Waals surface area contributed by atoms with E-state index in [1.165, 1.54) is 11.1 Å². The predicted octanol–water partition coefficient (Wildman–Crippen LogP) is 3.61. The highest BCUT2D eigenvalue weighted by Gasteiger charge is 2.44. The summed E-state index contributed by atoms with van der Waals surface area (Å²) in [4.78, 5) is 20.3. The molecule has 1 aliphatic heterocycles. The Bertz CT molecular complexity index is 655. The number of benzene rings is 1. The van der Waals surface area contributed by atoms with Crippen LogP contribution in [0.1, 0.15) is 50.2 Å². The van der Waals surface area contributed by atoms with Gasteiger partial charge in [0.05, 0.1) is 0 Å². The van der Waals surface area contributed by atoms with Crippen LogP contribution in [-0.4, -0.2) is 47.9 Å². The zero-order valence-corrected chi connectivity index (χ0v) is 15.5. The van der Waals surface area contributed by atoms with E-state index in [4.69, 9.17) is 6.57 Å². The molecule has 0 unspecified atom stereocenters. The lowest BCUT2D eigenvalue weighted by molar-refractivity contribution is -0.128. The van der Waals surface area contributed by atoms with E-state index in [0.717, 1.165) is 58.3 Å². The smallest absolute Gasteiger partial charge is 0.257 e. The highest BCUT2D eigenvalue weighted by atomic mass is 16.2. The van der Waals surface area contributed by atoms with Gasteiger partial charge in [-0.3, -0.25) is 9.69 Å². The SMILES string of the molecule is [C-]#[N+]C1(c2cccc(C)c2)CCC(N2CCCN(C(C)=O)CC2)CC1. The minimum atomic E-state index is -0.334. The molecule has 2 aliphatic rings. The second-order valence-electron chi connectivity index (χ2n) is 7.64. The van der Waals surface area contributed by atoms with Gasteiger partial charge in [-0.1, -0.05) is 23.8 Å². The number of carbonyl (C=O) groups excluding carboxylic acids is 1. The van der Waals surface area contributed by atoms with Crippen molar-refractivity contribution in [3.63, 3.8) is 0 Å². The molecule has 1 aromatic rings. The monoisotopic (exact) mass is 339 g/mol. The Morgan fingerprint density at radius 2 is 1.96 bits per heavy atom. The second kappa shape index (κ2) is 7.58. The summed E-state index contributed by atoms with van der Waals surface area (Å²) in [5.74, 6) is 0.192. The molecular formula is C21H29N3O. The van der Waals surface area contributed by atoms with Crippen LogP contribution in [0.4, 0.5) is 0 Å². The molecule has 25 heavy (non-hydrogen) atoms. The molecule has 1 saturated carbocycles. The first-order valence-electron chi connectivity index (χ1n) is 9.49. The van der Waals surface area contributed by atoms with Crippen molar-refractivity contribution in [1.82, 2.24) is 9.80 Å². The molecule has 2 fully saturated rings. The van der Waals surface area contributed by atoms with Crippen LogP contribution >= 0.6 is 0 Å². The van der Waals surface area contributed by atoms with Crippen molar-refractivity contribution in [3.05, 3.63) is 46.8 Å². The number of aryl methyl sites for hydroxylation is 1. The predicted molar refractivity (Wildman–Crippen MR) is 100 cm³/mol. The molecule has 1 aromatic carbocycles. The number of hydrogen-bond acceptors (Lipinski definition) is 2. The second-order valence-corrected chi connectivity index (χ2v) is 7.64. The Kier molecular flexibility index (Phi) is 5.44. The minimum Gasteiger partial charge on any atom is -0.342 e. The molecule has 134 valence electrons. The van der Waals surface area contributed by atoms with Gasteiger partial charge in [0.25, 0.3) is 5.54 Å². The Morgan fingerprint density at radius 3 is 2.60 bits per heavy atom. The van der Waals surface area contributed by atoms with Crippen LogP contribution in [0.5, 0.6) is 0 Å². The van der Waals surface area contributed by atoms with Crippen LogP contribution in [0, 0.1) is 13.5 Å². The van der Waals surface area contributed by atoms with Crippen LogP contribution in [0.2, 0.25) is 0 Å². The molecular weight excluding hydrogens is 310 g/mol.